The number of rotatable bonds is 2. The number of nitrogen functional groups attached to an aromatic ring is 1. The highest BCUT2D eigenvalue weighted by Crippen LogP contribution is 2.22. The molecule has 0 amide bonds. The summed E-state index contributed by atoms with van der Waals surface area (Å²) in [6.07, 6.45) is 3.60. The first kappa shape index (κ1) is 9.67. The van der Waals surface area contributed by atoms with Crippen molar-refractivity contribution in [1.82, 2.24) is 14.8 Å². The summed E-state index contributed by atoms with van der Waals surface area (Å²) in [5.74, 6) is 0.409. The van der Waals surface area contributed by atoms with Crippen LogP contribution in [0.3, 0.4) is 0 Å². The second kappa shape index (κ2) is 3.70. The van der Waals surface area contributed by atoms with Crippen LogP contribution in [0.25, 0.3) is 11.1 Å². The maximum atomic E-state index is 9.17. The van der Waals surface area contributed by atoms with E-state index in [2.05, 4.69) is 10.1 Å². The maximum Gasteiger partial charge on any atom is 0.123 e. The fourth-order valence-electron chi connectivity index (χ4n) is 1.46. The number of nitrogens with zero attached hydrogens (tertiary/aromatic N) is 3. The van der Waals surface area contributed by atoms with Crippen molar-refractivity contribution < 1.29 is 5.11 Å². The Morgan fingerprint density at radius 3 is 2.87 bits per heavy atom. The average molecular weight is 204 g/mol. The van der Waals surface area contributed by atoms with Gasteiger partial charge in [-0.2, -0.15) is 5.10 Å². The van der Waals surface area contributed by atoms with Crippen LogP contribution in [0.1, 0.15) is 5.69 Å². The highest BCUT2D eigenvalue weighted by atomic mass is 16.3. The molecule has 0 aliphatic carbocycles. The molecular weight excluding hydrogens is 192 g/mol. The molecule has 2 aromatic rings. The Labute approximate surface area is 87.2 Å². The quantitative estimate of drug-likeness (QED) is 0.749. The predicted octanol–water partition coefficient (Wildman–Crippen LogP) is 0.557. The molecule has 0 atom stereocenters. The molecule has 5 nitrogen and oxygen atoms in total. The lowest BCUT2D eigenvalue weighted by atomic mass is 10.1. The molecule has 0 saturated heterocycles. The molecule has 15 heavy (non-hydrogen) atoms. The maximum absolute atomic E-state index is 9.17. The monoisotopic (exact) mass is 204 g/mol. The van der Waals surface area contributed by atoms with Crippen LogP contribution in [0.5, 0.6) is 0 Å². The van der Waals surface area contributed by atoms with Gasteiger partial charge in [0.25, 0.3) is 0 Å². The van der Waals surface area contributed by atoms with Gasteiger partial charge >= 0.3 is 0 Å². The number of hydrogen-bond donors (Lipinski definition) is 2. The largest absolute Gasteiger partial charge is 0.390 e. The van der Waals surface area contributed by atoms with Gasteiger partial charge in [-0.15, -0.1) is 0 Å². The van der Waals surface area contributed by atoms with E-state index in [-0.39, 0.29) is 6.61 Å². The molecule has 0 saturated carbocycles. The summed E-state index contributed by atoms with van der Waals surface area (Å²) >= 11 is 0. The minimum atomic E-state index is -0.130. The second-order valence-corrected chi connectivity index (χ2v) is 3.29. The third kappa shape index (κ3) is 1.82. The number of aryl methyl sites for hydroxylation is 1. The van der Waals surface area contributed by atoms with Crippen molar-refractivity contribution in [2.75, 3.05) is 5.73 Å². The van der Waals surface area contributed by atoms with Crippen LogP contribution >= 0.6 is 0 Å². The molecule has 0 spiro atoms. The van der Waals surface area contributed by atoms with Gasteiger partial charge in [0.2, 0.25) is 0 Å². The lowest BCUT2D eigenvalue weighted by molar-refractivity contribution is 0.277. The zero-order chi connectivity index (χ0) is 10.8. The summed E-state index contributed by atoms with van der Waals surface area (Å²) in [6.45, 7) is -0.130. The minimum Gasteiger partial charge on any atom is -0.390 e. The molecule has 2 aromatic heterocycles. The van der Waals surface area contributed by atoms with Crippen LogP contribution in [0.15, 0.2) is 24.5 Å². The number of aliphatic hydroxyl groups excluding tert-OH is 1. The minimum absolute atomic E-state index is 0.130. The van der Waals surface area contributed by atoms with Gasteiger partial charge in [-0.05, 0) is 12.1 Å². The van der Waals surface area contributed by atoms with Crippen molar-refractivity contribution in [2.45, 2.75) is 6.61 Å². The van der Waals surface area contributed by atoms with Crippen LogP contribution in [-0.4, -0.2) is 19.9 Å². The van der Waals surface area contributed by atoms with Crippen molar-refractivity contribution >= 4 is 5.82 Å². The summed E-state index contributed by atoms with van der Waals surface area (Å²) in [5.41, 5.74) is 7.90. The van der Waals surface area contributed by atoms with Crippen molar-refractivity contribution in [3.05, 3.63) is 30.2 Å². The van der Waals surface area contributed by atoms with E-state index < -0.39 is 0 Å². The first-order valence-electron chi connectivity index (χ1n) is 4.56. The Hall–Kier alpha value is -1.88. The Balaban J connectivity index is 2.52. The smallest absolute Gasteiger partial charge is 0.123 e. The fourth-order valence-corrected chi connectivity index (χ4v) is 1.46. The van der Waals surface area contributed by atoms with Crippen molar-refractivity contribution in [1.29, 1.82) is 0 Å². The molecule has 78 valence electrons. The molecule has 5 heteroatoms. The first-order valence-corrected chi connectivity index (χ1v) is 4.56. The van der Waals surface area contributed by atoms with Crippen LogP contribution in [0.4, 0.5) is 5.82 Å². The first-order chi connectivity index (χ1) is 7.20. The molecule has 2 heterocycles. The van der Waals surface area contributed by atoms with Crippen molar-refractivity contribution in [2.24, 2.45) is 7.05 Å². The molecule has 3 N–H and O–H groups in total. The van der Waals surface area contributed by atoms with Gasteiger partial charge in [0.05, 0.1) is 18.5 Å². The standard InChI is InChI=1S/C10H12N4O/c1-14-5-7(4-12-14)8-2-3-10(11)13-9(8)6-15/h2-5,15H,6H2,1H3,(H2,11,13). The van der Waals surface area contributed by atoms with Crippen LogP contribution < -0.4 is 5.73 Å². The number of hydrogen-bond acceptors (Lipinski definition) is 4. The van der Waals surface area contributed by atoms with E-state index in [1.54, 1.807) is 16.9 Å². The highest BCUT2D eigenvalue weighted by molar-refractivity contribution is 5.65. The zero-order valence-electron chi connectivity index (χ0n) is 8.38. The average Bonchev–Trinajstić information content (AvgIpc) is 2.64. The molecule has 2 rings (SSSR count). The summed E-state index contributed by atoms with van der Waals surface area (Å²) in [6, 6.07) is 3.55. The van der Waals surface area contributed by atoms with E-state index in [0.29, 0.717) is 11.5 Å². The van der Waals surface area contributed by atoms with Gasteiger partial charge in [0.15, 0.2) is 0 Å². The predicted molar refractivity (Wildman–Crippen MR) is 56.8 cm³/mol. The van der Waals surface area contributed by atoms with Crippen LogP contribution in [0.2, 0.25) is 0 Å². The van der Waals surface area contributed by atoms with E-state index in [9.17, 15) is 0 Å². The molecule has 0 unspecified atom stereocenters. The Morgan fingerprint density at radius 2 is 2.27 bits per heavy atom. The molecule has 0 aliphatic heterocycles. The Bertz CT molecular complexity index is 478. The number of nitrogens with two attached hydrogens (primary N) is 1. The normalized spacial score (nSPS) is 10.5. The van der Waals surface area contributed by atoms with Crippen molar-refractivity contribution in [3.8, 4) is 11.1 Å². The fraction of sp³-hybridized carbons (Fsp3) is 0.200. The van der Waals surface area contributed by atoms with Gasteiger partial charge in [0.1, 0.15) is 5.82 Å². The summed E-state index contributed by atoms with van der Waals surface area (Å²) in [7, 11) is 1.84. The number of pyridine rings is 1. The van der Waals surface area contributed by atoms with E-state index in [1.165, 1.54) is 0 Å². The third-order valence-corrected chi connectivity index (χ3v) is 2.16. The Kier molecular flexibility index (Phi) is 2.39. The van der Waals surface area contributed by atoms with Gasteiger partial charge in [-0.3, -0.25) is 4.68 Å². The number of anilines is 1. The molecule has 0 radical (unpaired) electrons. The van der Waals surface area contributed by atoms with E-state index in [1.807, 2.05) is 19.3 Å². The number of aromatic nitrogens is 3. The van der Waals surface area contributed by atoms with E-state index in [4.69, 9.17) is 10.8 Å². The molecular formula is C10H12N4O. The van der Waals surface area contributed by atoms with E-state index in [0.717, 1.165) is 11.1 Å². The lowest BCUT2D eigenvalue weighted by Crippen LogP contribution is -1.98. The van der Waals surface area contributed by atoms with Crippen LogP contribution in [0, 0.1) is 0 Å². The second-order valence-electron chi connectivity index (χ2n) is 3.29. The summed E-state index contributed by atoms with van der Waals surface area (Å²) in [5, 5.41) is 13.2. The zero-order valence-corrected chi connectivity index (χ0v) is 8.38. The van der Waals surface area contributed by atoms with Gasteiger partial charge in [-0.1, -0.05) is 0 Å². The molecule has 0 fully saturated rings. The molecule has 0 aromatic carbocycles. The highest BCUT2D eigenvalue weighted by Gasteiger charge is 2.07. The molecule has 0 bridgehead atoms. The topological polar surface area (TPSA) is 77.0 Å². The van der Waals surface area contributed by atoms with Gasteiger partial charge < -0.3 is 10.8 Å². The third-order valence-electron chi connectivity index (χ3n) is 2.16. The molecule has 0 aliphatic rings. The van der Waals surface area contributed by atoms with Gasteiger partial charge in [0, 0.05) is 24.4 Å². The summed E-state index contributed by atoms with van der Waals surface area (Å²) < 4.78 is 1.70. The SMILES string of the molecule is Cn1cc(-c2ccc(N)nc2CO)cn1. The van der Waals surface area contributed by atoms with Crippen LogP contribution in [-0.2, 0) is 13.7 Å². The summed E-state index contributed by atoms with van der Waals surface area (Å²) in [4.78, 5) is 4.07. The van der Waals surface area contributed by atoms with Gasteiger partial charge in [-0.25, -0.2) is 4.98 Å². The number of aliphatic hydroxyl groups is 1. The van der Waals surface area contributed by atoms with Crippen molar-refractivity contribution in [3.63, 3.8) is 0 Å². The van der Waals surface area contributed by atoms with E-state index >= 15 is 0 Å². The Morgan fingerprint density at radius 1 is 1.47 bits per heavy atom. The lowest BCUT2D eigenvalue weighted by Gasteiger charge is -2.04.